The number of carbonyl (C=O) groups excluding carboxylic acids is 1. The molecule has 53 valence electrons. The van der Waals surface area contributed by atoms with Crippen LogP contribution in [-0.2, 0) is 4.79 Å². The molecule has 0 spiro atoms. The summed E-state index contributed by atoms with van der Waals surface area (Å²) in [7, 11) is 0. The van der Waals surface area contributed by atoms with Crippen molar-refractivity contribution in [1.82, 2.24) is 0 Å². The van der Waals surface area contributed by atoms with Crippen molar-refractivity contribution in [2.45, 2.75) is 33.6 Å². The van der Waals surface area contributed by atoms with Gasteiger partial charge in [-0.1, -0.05) is 27.2 Å². The molecule has 0 bridgehead atoms. The first-order valence-corrected chi connectivity index (χ1v) is 3.55. The maximum Gasteiger partial charge on any atom is 0.139 e. The first-order valence-electron chi connectivity index (χ1n) is 3.55. The smallest absolute Gasteiger partial charge is 0.139 e. The molecule has 0 N–H and O–H groups in total. The third-order valence-corrected chi connectivity index (χ3v) is 1.20. The Hall–Kier alpha value is -0.330. The molecule has 0 fully saturated rings. The second-order valence-corrected chi connectivity index (χ2v) is 2.55. The molecule has 0 aliphatic carbocycles. The van der Waals surface area contributed by atoms with Gasteiger partial charge in [0.25, 0.3) is 0 Å². The molecule has 0 unspecified atom stereocenters. The lowest BCUT2D eigenvalue weighted by molar-refractivity contribution is -0.118. The summed E-state index contributed by atoms with van der Waals surface area (Å²) in [6.07, 6.45) is 3.78. The van der Waals surface area contributed by atoms with Gasteiger partial charge in [0, 0.05) is 12.3 Å². The Bertz CT molecular complexity index is 84.6. The fourth-order valence-electron chi connectivity index (χ4n) is 0.522. The highest BCUT2D eigenvalue weighted by Gasteiger charge is 2.04. The largest absolute Gasteiger partial charge is 0.299 e. The maximum absolute atomic E-state index is 10.8. The van der Waals surface area contributed by atoms with E-state index in [1.807, 2.05) is 13.8 Å². The van der Waals surface area contributed by atoms with Crippen molar-refractivity contribution in [2.75, 3.05) is 0 Å². The number of Topliss-reactive ketones (excluding diaryl/α,β-unsaturated/α-hetero) is 1. The lowest BCUT2D eigenvalue weighted by Crippen LogP contribution is -2.06. The van der Waals surface area contributed by atoms with Gasteiger partial charge in [-0.2, -0.15) is 0 Å². The predicted octanol–water partition coefficient (Wildman–Crippen LogP) is 2.22. The van der Waals surface area contributed by atoms with Gasteiger partial charge in [-0.15, -0.1) is 0 Å². The van der Waals surface area contributed by atoms with E-state index in [-0.39, 0.29) is 11.7 Å². The van der Waals surface area contributed by atoms with Crippen molar-refractivity contribution in [3.8, 4) is 0 Å². The van der Waals surface area contributed by atoms with Crippen LogP contribution >= 0.6 is 0 Å². The minimum absolute atomic E-state index is 0.177. The predicted molar refractivity (Wildman–Crippen MR) is 39.1 cm³/mol. The second-order valence-electron chi connectivity index (χ2n) is 2.55. The highest BCUT2D eigenvalue weighted by Crippen LogP contribution is 2.01. The van der Waals surface area contributed by atoms with E-state index in [0.717, 1.165) is 12.8 Å². The lowest BCUT2D eigenvalue weighted by Gasteiger charge is -1.99. The van der Waals surface area contributed by atoms with Crippen molar-refractivity contribution in [3.05, 3.63) is 6.42 Å². The first-order chi connectivity index (χ1) is 4.18. The molecule has 0 aliphatic rings. The molecule has 0 heterocycles. The van der Waals surface area contributed by atoms with Gasteiger partial charge >= 0.3 is 0 Å². The molecule has 0 aromatic rings. The standard InChI is InChI=1S/C8H15O/c1-4-5-6-8(9)7(2)3/h6-7H,4-5H2,1-3H3. The average Bonchev–Trinajstić information content (AvgIpc) is 1.82. The van der Waals surface area contributed by atoms with E-state index in [4.69, 9.17) is 0 Å². The quantitative estimate of drug-likeness (QED) is 0.566. The van der Waals surface area contributed by atoms with Crippen LogP contribution in [0, 0.1) is 12.3 Å². The summed E-state index contributed by atoms with van der Waals surface area (Å²) >= 11 is 0. The van der Waals surface area contributed by atoms with E-state index in [9.17, 15) is 4.79 Å². The highest BCUT2D eigenvalue weighted by molar-refractivity contribution is 5.88. The lowest BCUT2D eigenvalue weighted by atomic mass is 10.0. The fourth-order valence-corrected chi connectivity index (χ4v) is 0.522. The van der Waals surface area contributed by atoms with Crippen LogP contribution in [-0.4, -0.2) is 5.78 Å². The Morgan fingerprint density at radius 1 is 1.56 bits per heavy atom. The zero-order chi connectivity index (χ0) is 7.28. The van der Waals surface area contributed by atoms with Gasteiger partial charge < -0.3 is 0 Å². The molecule has 0 amide bonds. The van der Waals surface area contributed by atoms with Crippen molar-refractivity contribution in [2.24, 2.45) is 5.92 Å². The monoisotopic (exact) mass is 127 g/mol. The van der Waals surface area contributed by atoms with Gasteiger partial charge in [-0.05, 0) is 6.42 Å². The van der Waals surface area contributed by atoms with Crippen LogP contribution in [0.5, 0.6) is 0 Å². The number of unbranched alkanes of at least 4 members (excludes halogenated alkanes) is 1. The van der Waals surface area contributed by atoms with Crippen LogP contribution in [0.1, 0.15) is 33.6 Å². The van der Waals surface area contributed by atoms with Crippen molar-refractivity contribution in [3.63, 3.8) is 0 Å². The Balaban J connectivity index is 3.28. The van der Waals surface area contributed by atoms with Gasteiger partial charge in [-0.3, -0.25) is 4.79 Å². The normalized spacial score (nSPS) is 10.2. The minimum Gasteiger partial charge on any atom is -0.299 e. The van der Waals surface area contributed by atoms with Crippen LogP contribution in [0.3, 0.4) is 0 Å². The summed E-state index contributed by atoms with van der Waals surface area (Å²) in [4.78, 5) is 10.8. The molecule has 0 saturated carbocycles. The molecule has 9 heavy (non-hydrogen) atoms. The molecule has 0 rings (SSSR count). The van der Waals surface area contributed by atoms with Crippen LogP contribution < -0.4 is 0 Å². The SMILES string of the molecule is CCC[CH]C(=O)C(C)C. The molecular weight excluding hydrogens is 112 g/mol. The maximum atomic E-state index is 10.8. The molecule has 0 aromatic carbocycles. The van der Waals surface area contributed by atoms with E-state index in [2.05, 4.69) is 6.92 Å². The van der Waals surface area contributed by atoms with Gasteiger partial charge in [0.15, 0.2) is 0 Å². The topological polar surface area (TPSA) is 17.1 Å². The van der Waals surface area contributed by atoms with E-state index in [1.54, 1.807) is 6.42 Å². The number of ketones is 1. The van der Waals surface area contributed by atoms with Gasteiger partial charge in [0.05, 0.1) is 0 Å². The summed E-state index contributed by atoms with van der Waals surface area (Å²) in [6, 6.07) is 0. The van der Waals surface area contributed by atoms with Crippen molar-refractivity contribution >= 4 is 5.78 Å². The second kappa shape index (κ2) is 4.54. The van der Waals surface area contributed by atoms with Gasteiger partial charge in [-0.25, -0.2) is 0 Å². The summed E-state index contributed by atoms with van der Waals surface area (Å²) in [6.45, 7) is 5.92. The Morgan fingerprint density at radius 3 is 2.44 bits per heavy atom. The molecular formula is C8H15O. The third-order valence-electron chi connectivity index (χ3n) is 1.20. The van der Waals surface area contributed by atoms with Crippen LogP contribution in [0.25, 0.3) is 0 Å². The molecule has 0 atom stereocenters. The zero-order valence-electron chi connectivity index (χ0n) is 6.48. The Kier molecular flexibility index (Phi) is 4.37. The summed E-state index contributed by atoms with van der Waals surface area (Å²) in [5.74, 6) is 0.452. The van der Waals surface area contributed by atoms with E-state index in [1.165, 1.54) is 0 Å². The van der Waals surface area contributed by atoms with Crippen LogP contribution in [0.2, 0.25) is 0 Å². The Labute approximate surface area is 57.5 Å². The van der Waals surface area contributed by atoms with Crippen LogP contribution in [0.15, 0.2) is 0 Å². The van der Waals surface area contributed by atoms with Crippen LogP contribution in [0.4, 0.5) is 0 Å². The summed E-state index contributed by atoms with van der Waals surface area (Å²) < 4.78 is 0. The van der Waals surface area contributed by atoms with Crippen molar-refractivity contribution in [1.29, 1.82) is 0 Å². The van der Waals surface area contributed by atoms with Crippen molar-refractivity contribution < 1.29 is 4.79 Å². The van der Waals surface area contributed by atoms with Gasteiger partial charge in [0.2, 0.25) is 0 Å². The van der Waals surface area contributed by atoms with Gasteiger partial charge in [0.1, 0.15) is 5.78 Å². The molecule has 1 heteroatoms. The molecule has 1 radical (unpaired) electrons. The molecule has 0 saturated heterocycles. The number of carbonyl (C=O) groups is 1. The fraction of sp³-hybridized carbons (Fsp3) is 0.750. The molecule has 0 aliphatic heterocycles. The first kappa shape index (κ1) is 8.67. The number of rotatable bonds is 4. The minimum atomic E-state index is 0.177. The summed E-state index contributed by atoms with van der Waals surface area (Å²) in [5, 5.41) is 0. The Morgan fingerprint density at radius 2 is 2.11 bits per heavy atom. The average molecular weight is 127 g/mol. The van der Waals surface area contributed by atoms with E-state index >= 15 is 0 Å². The summed E-state index contributed by atoms with van der Waals surface area (Å²) in [5.41, 5.74) is 0. The highest BCUT2D eigenvalue weighted by atomic mass is 16.1. The number of hydrogen-bond donors (Lipinski definition) is 0. The number of hydrogen-bond acceptors (Lipinski definition) is 1. The third kappa shape index (κ3) is 4.19. The van der Waals surface area contributed by atoms with E-state index < -0.39 is 0 Å². The van der Waals surface area contributed by atoms with E-state index in [0.29, 0.717) is 0 Å². The molecule has 0 aromatic heterocycles. The zero-order valence-corrected chi connectivity index (χ0v) is 6.48. The molecule has 1 nitrogen and oxygen atoms in total.